The summed E-state index contributed by atoms with van der Waals surface area (Å²) in [5, 5.41) is 0. The minimum absolute atomic E-state index is 0. The van der Waals surface area contributed by atoms with Crippen molar-refractivity contribution in [2.45, 2.75) is 0 Å². The number of para-hydroxylation sites is 2. The standard InChI is InChI=1S/C16H12BrN3.BF4/c1-19-14-7-2-3-8-15(14)20-10-13(18-16(19)20)11-5-4-6-12(17)9-11;2-1(3,4)5/h2-10H,1H3;/q;-1/p+1. The van der Waals surface area contributed by atoms with Crippen LogP contribution in [0.15, 0.2) is 59.2 Å². The number of aryl methyl sites for hydroxylation is 1. The van der Waals surface area contributed by atoms with Crippen molar-refractivity contribution in [1.29, 1.82) is 0 Å². The molecule has 2 aromatic carbocycles. The molecular formula is C16H13BBrF4N3. The molecule has 0 saturated heterocycles. The van der Waals surface area contributed by atoms with E-state index in [1.54, 1.807) is 0 Å². The van der Waals surface area contributed by atoms with Crippen LogP contribution in [-0.4, -0.2) is 21.2 Å². The van der Waals surface area contributed by atoms with Crippen LogP contribution in [0, 0.1) is 0 Å². The van der Waals surface area contributed by atoms with Crippen molar-refractivity contribution in [2.75, 3.05) is 0 Å². The van der Waals surface area contributed by atoms with E-state index in [0.29, 0.717) is 0 Å². The van der Waals surface area contributed by atoms with Crippen LogP contribution in [-0.2, 0) is 7.05 Å². The van der Waals surface area contributed by atoms with Crippen LogP contribution in [0.25, 0.3) is 28.1 Å². The monoisotopic (exact) mass is 413 g/mol. The molecule has 0 bridgehead atoms. The molecule has 0 saturated carbocycles. The van der Waals surface area contributed by atoms with E-state index in [2.05, 4.69) is 74.5 Å². The van der Waals surface area contributed by atoms with Gasteiger partial charge in [0.05, 0.1) is 16.7 Å². The minimum Gasteiger partial charge on any atom is -0.418 e. The number of hydrogen-bond acceptors (Lipinski definition) is 1. The van der Waals surface area contributed by atoms with Crippen molar-refractivity contribution in [1.82, 2.24) is 14.0 Å². The number of nitrogens with zero attached hydrogens (tertiary/aromatic N) is 3. The van der Waals surface area contributed by atoms with E-state index in [9.17, 15) is 17.3 Å². The van der Waals surface area contributed by atoms with Gasteiger partial charge in [0.15, 0.2) is 0 Å². The molecule has 4 aromatic rings. The Kier molecular flexibility index (Phi) is 4.59. The molecule has 3 nitrogen and oxygen atoms in total. The van der Waals surface area contributed by atoms with Gasteiger partial charge in [-0.25, -0.2) is 4.98 Å². The summed E-state index contributed by atoms with van der Waals surface area (Å²) in [7, 11) is -3.95. The highest BCUT2D eigenvalue weighted by Crippen LogP contribution is 2.26. The minimum atomic E-state index is -6.00. The molecule has 0 radical (unpaired) electrons. The first-order valence-electron chi connectivity index (χ1n) is 7.30. The zero-order chi connectivity index (χ0) is 18.2. The van der Waals surface area contributed by atoms with E-state index in [-0.39, 0.29) is 1.43 Å². The van der Waals surface area contributed by atoms with E-state index < -0.39 is 7.25 Å². The van der Waals surface area contributed by atoms with E-state index >= 15 is 0 Å². The topological polar surface area (TPSA) is 22.2 Å². The number of rotatable bonds is 1. The molecular weight excluding hydrogens is 401 g/mol. The lowest BCUT2D eigenvalue weighted by molar-refractivity contribution is 0.368. The fourth-order valence-electron chi connectivity index (χ4n) is 2.63. The number of aromatic nitrogens is 3. The van der Waals surface area contributed by atoms with Gasteiger partial charge in [0.25, 0.3) is 0 Å². The molecule has 4 rings (SSSR count). The molecule has 0 unspecified atom stereocenters. The molecule has 25 heavy (non-hydrogen) atoms. The lowest BCUT2D eigenvalue weighted by Gasteiger charge is -1.98. The van der Waals surface area contributed by atoms with Crippen LogP contribution in [0.1, 0.15) is 1.43 Å². The smallest absolute Gasteiger partial charge is 0.418 e. The molecule has 130 valence electrons. The van der Waals surface area contributed by atoms with Crippen LogP contribution >= 0.6 is 15.9 Å². The number of imidazole rings is 2. The predicted octanol–water partition coefficient (Wildman–Crippen LogP) is 5.67. The Balaban J connectivity index is 0.000000362. The van der Waals surface area contributed by atoms with Crippen molar-refractivity contribution >= 4 is 40.0 Å². The fraction of sp³-hybridized carbons (Fsp3) is 0.0625. The SMILES string of the molecule is Cn1c2ccccc2n2cc(-c3cccc(Br)c3)nc12.F[B-](F)(F)F.[H+]. The summed E-state index contributed by atoms with van der Waals surface area (Å²) in [6.45, 7) is 0. The zero-order valence-electron chi connectivity index (χ0n) is 14.0. The van der Waals surface area contributed by atoms with Crippen LogP contribution < -0.4 is 0 Å². The summed E-state index contributed by atoms with van der Waals surface area (Å²) < 4.78 is 44.3. The van der Waals surface area contributed by atoms with Crippen LogP contribution in [0.3, 0.4) is 0 Å². The second kappa shape index (κ2) is 6.55. The van der Waals surface area contributed by atoms with Gasteiger partial charge in [-0.2, -0.15) is 0 Å². The Bertz CT molecular complexity index is 1040. The average Bonchev–Trinajstić information content (AvgIpc) is 3.07. The van der Waals surface area contributed by atoms with Gasteiger partial charge in [-0.1, -0.05) is 40.2 Å². The maximum absolute atomic E-state index is 9.75. The van der Waals surface area contributed by atoms with E-state index in [4.69, 9.17) is 4.98 Å². The Hall–Kier alpha value is -2.29. The molecule has 9 heteroatoms. The Morgan fingerprint density at radius 1 is 1.00 bits per heavy atom. The molecule has 0 aliphatic rings. The van der Waals surface area contributed by atoms with Gasteiger partial charge >= 0.3 is 8.68 Å². The van der Waals surface area contributed by atoms with Gasteiger partial charge in [-0.15, -0.1) is 0 Å². The number of fused-ring (bicyclic) bond motifs is 3. The first kappa shape index (κ1) is 17.5. The highest BCUT2D eigenvalue weighted by Gasteiger charge is 2.20. The maximum atomic E-state index is 9.75. The van der Waals surface area contributed by atoms with Crippen molar-refractivity contribution in [2.24, 2.45) is 7.05 Å². The zero-order valence-corrected chi connectivity index (χ0v) is 14.6. The third-order valence-corrected chi connectivity index (χ3v) is 4.10. The summed E-state index contributed by atoms with van der Waals surface area (Å²) in [5.41, 5.74) is 4.48. The van der Waals surface area contributed by atoms with Crippen molar-refractivity contribution in [3.8, 4) is 11.3 Å². The molecule has 2 heterocycles. The predicted molar refractivity (Wildman–Crippen MR) is 96.1 cm³/mol. The van der Waals surface area contributed by atoms with Crippen LogP contribution in [0.2, 0.25) is 0 Å². The Morgan fingerprint density at radius 2 is 1.64 bits per heavy atom. The summed E-state index contributed by atoms with van der Waals surface area (Å²) in [4.78, 5) is 4.77. The highest BCUT2D eigenvalue weighted by molar-refractivity contribution is 9.10. The second-order valence-corrected chi connectivity index (χ2v) is 6.26. The third kappa shape index (κ3) is 3.87. The largest absolute Gasteiger partial charge is 1.00 e. The third-order valence-electron chi connectivity index (χ3n) is 3.61. The Morgan fingerprint density at radius 3 is 2.28 bits per heavy atom. The highest BCUT2D eigenvalue weighted by atomic mass is 79.9. The molecule has 0 aliphatic heterocycles. The molecule has 0 amide bonds. The lowest BCUT2D eigenvalue weighted by Crippen LogP contribution is -2.02. The molecule has 0 N–H and O–H groups in total. The average molecular weight is 414 g/mol. The quantitative estimate of drug-likeness (QED) is 0.291. The first-order valence-corrected chi connectivity index (χ1v) is 8.09. The van der Waals surface area contributed by atoms with Crippen molar-refractivity contribution in [3.05, 3.63) is 59.2 Å². The maximum Gasteiger partial charge on any atom is 1.00 e. The number of halogens is 5. The molecule has 0 fully saturated rings. The molecule has 0 spiro atoms. The Labute approximate surface area is 150 Å². The first-order chi connectivity index (χ1) is 11.7. The summed E-state index contributed by atoms with van der Waals surface area (Å²) in [6.07, 6.45) is 2.10. The summed E-state index contributed by atoms with van der Waals surface area (Å²) >= 11 is 3.51. The number of hydrogen-bond donors (Lipinski definition) is 0. The van der Waals surface area contributed by atoms with E-state index in [0.717, 1.165) is 21.5 Å². The normalized spacial score (nSPS) is 11.6. The van der Waals surface area contributed by atoms with E-state index in [1.165, 1.54) is 11.0 Å². The van der Waals surface area contributed by atoms with Crippen LogP contribution in [0.4, 0.5) is 17.3 Å². The van der Waals surface area contributed by atoms with Gasteiger partial charge in [0, 0.05) is 23.3 Å². The number of benzene rings is 2. The van der Waals surface area contributed by atoms with Gasteiger partial charge in [-0.3, -0.25) is 4.40 Å². The van der Waals surface area contributed by atoms with Gasteiger partial charge in [0.2, 0.25) is 5.78 Å². The summed E-state index contributed by atoms with van der Waals surface area (Å²) in [6, 6.07) is 16.6. The molecule has 0 aliphatic carbocycles. The molecule has 0 atom stereocenters. The molecule has 2 aromatic heterocycles. The second-order valence-electron chi connectivity index (χ2n) is 5.35. The lowest BCUT2D eigenvalue weighted by atomic mass is 10.2. The fourth-order valence-corrected chi connectivity index (χ4v) is 3.03. The van der Waals surface area contributed by atoms with Gasteiger partial charge in [-0.05, 0) is 24.3 Å². The van der Waals surface area contributed by atoms with Crippen molar-refractivity contribution in [3.63, 3.8) is 0 Å². The van der Waals surface area contributed by atoms with Crippen molar-refractivity contribution < 1.29 is 18.7 Å². The summed E-state index contributed by atoms with van der Waals surface area (Å²) in [5.74, 6) is 0.959. The van der Waals surface area contributed by atoms with Crippen LogP contribution in [0.5, 0.6) is 0 Å². The van der Waals surface area contributed by atoms with E-state index in [1.807, 2.05) is 12.1 Å². The van der Waals surface area contributed by atoms with Gasteiger partial charge < -0.3 is 21.8 Å². The van der Waals surface area contributed by atoms with Gasteiger partial charge in [0.1, 0.15) is 0 Å².